The third kappa shape index (κ3) is 4.12. The Labute approximate surface area is 93.5 Å². The summed E-state index contributed by atoms with van der Waals surface area (Å²) in [6, 6.07) is 7.13. The summed E-state index contributed by atoms with van der Waals surface area (Å²) in [6.07, 6.45) is -2.41. The van der Waals surface area contributed by atoms with Gasteiger partial charge in [0.05, 0.1) is 13.2 Å². The average molecular weight is 230 g/mol. The van der Waals surface area contributed by atoms with Crippen LogP contribution < -0.4 is 5.73 Å². The molecule has 1 aromatic rings. The summed E-state index contributed by atoms with van der Waals surface area (Å²) in [5, 5.41) is 8.78. The Morgan fingerprint density at radius 1 is 1.31 bits per heavy atom. The number of hydrogen-bond donors (Lipinski definition) is 2. The van der Waals surface area contributed by atoms with Gasteiger partial charge in [-0.3, -0.25) is 4.90 Å². The number of nitrogens with zero attached hydrogens (tertiary/aromatic N) is 1. The van der Waals surface area contributed by atoms with Crippen molar-refractivity contribution in [2.24, 2.45) is 0 Å². The number of hydrogen-bond acceptors (Lipinski definition) is 3. The molecular formula is C11H16F2N2O. The summed E-state index contributed by atoms with van der Waals surface area (Å²) in [5.41, 5.74) is 7.10. The zero-order chi connectivity index (χ0) is 12.0. The number of para-hydroxylation sites is 1. The second-order valence-corrected chi connectivity index (χ2v) is 3.55. The summed E-state index contributed by atoms with van der Waals surface area (Å²) >= 11 is 0. The van der Waals surface area contributed by atoms with Crippen molar-refractivity contribution in [3.63, 3.8) is 0 Å². The van der Waals surface area contributed by atoms with Crippen LogP contribution in [0, 0.1) is 0 Å². The summed E-state index contributed by atoms with van der Waals surface area (Å²) < 4.78 is 24.5. The van der Waals surface area contributed by atoms with E-state index in [0.29, 0.717) is 12.2 Å². The van der Waals surface area contributed by atoms with Gasteiger partial charge in [-0.15, -0.1) is 0 Å². The van der Waals surface area contributed by atoms with Crippen LogP contribution in [-0.4, -0.2) is 36.1 Å². The summed E-state index contributed by atoms with van der Waals surface area (Å²) in [5.74, 6) is 0. The Balaban J connectivity index is 2.64. The summed E-state index contributed by atoms with van der Waals surface area (Å²) in [4.78, 5) is 1.48. The average Bonchev–Trinajstić information content (AvgIpc) is 2.21. The van der Waals surface area contributed by atoms with E-state index in [4.69, 9.17) is 10.8 Å². The fourth-order valence-electron chi connectivity index (χ4n) is 1.49. The van der Waals surface area contributed by atoms with Gasteiger partial charge in [-0.25, -0.2) is 8.78 Å². The molecule has 90 valence electrons. The van der Waals surface area contributed by atoms with Crippen molar-refractivity contribution < 1.29 is 13.9 Å². The van der Waals surface area contributed by atoms with Gasteiger partial charge in [0.25, 0.3) is 6.43 Å². The first-order chi connectivity index (χ1) is 7.63. The standard InChI is InChI=1S/C11H16F2N2O/c12-11(13)8-15(5-6-16)7-9-3-1-2-4-10(9)14/h1-4,11,16H,5-8,14H2. The Kier molecular flexibility index (Phi) is 5.14. The Bertz CT molecular complexity index is 321. The molecule has 0 amide bonds. The highest BCUT2D eigenvalue weighted by Gasteiger charge is 2.12. The number of aliphatic hydroxyl groups excluding tert-OH is 1. The van der Waals surface area contributed by atoms with E-state index >= 15 is 0 Å². The molecule has 5 heteroatoms. The molecule has 0 atom stereocenters. The zero-order valence-corrected chi connectivity index (χ0v) is 8.94. The van der Waals surface area contributed by atoms with Crippen LogP contribution in [0.3, 0.4) is 0 Å². The van der Waals surface area contributed by atoms with E-state index in [1.165, 1.54) is 4.90 Å². The van der Waals surface area contributed by atoms with E-state index < -0.39 is 6.43 Å². The molecule has 0 aromatic heterocycles. The predicted octanol–water partition coefficient (Wildman–Crippen LogP) is 1.33. The number of aliphatic hydroxyl groups is 1. The van der Waals surface area contributed by atoms with Crippen LogP contribution in [0.2, 0.25) is 0 Å². The molecule has 3 N–H and O–H groups in total. The maximum absolute atomic E-state index is 12.3. The van der Waals surface area contributed by atoms with Crippen LogP contribution in [0.5, 0.6) is 0 Å². The van der Waals surface area contributed by atoms with Gasteiger partial charge >= 0.3 is 0 Å². The van der Waals surface area contributed by atoms with Gasteiger partial charge in [0.1, 0.15) is 0 Å². The first-order valence-corrected chi connectivity index (χ1v) is 5.08. The number of benzene rings is 1. The molecule has 0 aliphatic rings. The topological polar surface area (TPSA) is 49.5 Å². The van der Waals surface area contributed by atoms with Gasteiger partial charge < -0.3 is 10.8 Å². The molecule has 0 saturated heterocycles. The number of nitrogens with two attached hydrogens (primary N) is 1. The molecule has 16 heavy (non-hydrogen) atoms. The SMILES string of the molecule is Nc1ccccc1CN(CCO)CC(F)F. The Morgan fingerprint density at radius 2 is 2.00 bits per heavy atom. The lowest BCUT2D eigenvalue weighted by molar-refractivity contribution is 0.0747. The zero-order valence-electron chi connectivity index (χ0n) is 8.94. The number of rotatable bonds is 6. The van der Waals surface area contributed by atoms with Gasteiger partial charge in [0.15, 0.2) is 0 Å². The van der Waals surface area contributed by atoms with Gasteiger partial charge in [-0.1, -0.05) is 18.2 Å². The van der Waals surface area contributed by atoms with E-state index in [1.807, 2.05) is 6.07 Å². The first kappa shape index (κ1) is 12.9. The number of anilines is 1. The van der Waals surface area contributed by atoms with Crippen molar-refractivity contribution in [1.82, 2.24) is 4.90 Å². The second-order valence-electron chi connectivity index (χ2n) is 3.55. The van der Waals surface area contributed by atoms with Gasteiger partial charge in [0.2, 0.25) is 0 Å². The fourth-order valence-corrected chi connectivity index (χ4v) is 1.49. The third-order valence-electron chi connectivity index (χ3n) is 2.26. The maximum atomic E-state index is 12.3. The Morgan fingerprint density at radius 3 is 2.56 bits per heavy atom. The minimum atomic E-state index is -2.41. The molecule has 0 aliphatic carbocycles. The molecule has 3 nitrogen and oxygen atoms in total. The van der Waals surface area contributed by atoms with E-state index in [9.17, 15) is 8.78 Å². The molecule has 0 saturated carbocycles. The highest BCUT2D eigenvalue weighted by atomic mass is 19.3. The lowest BCUT2D eigenvalue weighted by atomic mass is 10.1. The molecule has 0 aliphatic heterocycles. The highest BCUT2D eigenvalue weighted by Crippen LogP contribution is 2.13. The first-order valence-electron chi connectivity index (χ1n) is 5.08. The molecule has 0 spiro atoms. The maximum Gasteiger partial charge on any atom is 0.251 e. The normalized spacial score (nSPS) is 11.3. The van der Waals surface area contributed by atoms with Crippen molar-refractivity contribution in [2.75, 3.05) is 25.4 Å². The van der Waals surface area contributed by atoms with Crippen LogP contribution in [0.25, 0.3) is 0 Å². The van der Waals surface area contributed by atoms with Crippen LogP contribution in [0.4, 0.5) is 14.5 Å². The van der Waals surface area contributed by atoms with Crippen LogP contribution >= 0.6 is 0 Å². The van der Waals surface area contributed by atoms with Crippen molar-refractivity contribution >= 4 is 5.69 Å². The van der Waals surface area contributed by atoms with Crippen molar-refractivity contribution in [1.29, 1.82) is 0 Å². The number of alkyl halides is 2. The monoisotopic (exact) mass is 230 g/mol. The van der Waals surface area contributed by atoms with Crippen molar-refractivity contribution in [3.8, 4) is 0 Å². The summed E-state index contributed by atoms with van der Waals surface area (Å²) in [6.45, 7) is 0.0601. The fraction of sp³-hybridized carbons (Fsp3) is 0.455. The van der Waals surface area contributed by atoms with E-state index in [-0.39, 0.29) is 19.7 Å². The van der Waals surface area contributed by atoms with Gasteiger partial charge in [0, 0.05) is 18.8 Å². The highest BCUT2D eigenvalue weighted by molar-refractivity contribution is 5.46. The lowest BCUT2D eigenvalue weighted by Crippen LogP contribution is -2.31. The van der Waals surface area contributed by atoms with Crippen LogP contribution in [0.1, 0.15) is 5.56 Å². The Hall–Kier alpha value is -1.20. The van der Waals surface area contributed by atoms with Crippen LogP contribution in [-0.2, 0) is 6.54 Å². The van der Waals surface area contributed by atoms with Crippen molar-refractivity contribution in [3.05, 3.63) is 29.8 Å². The van der Waals surface area contributed by atoms with E-state index in [2.05, 4.69) is 0 Å². The largest absolute Gasteiger partial charge is 0.398 e. The van der Waals surface area contributed by atoms with E-state index in [0.717, 1.165) is 5.56 Å². The molecule has 0 radical (unpaired) electrons. The van der Waals surface area contributed by atoms with Gasteiger partial charge in [-0.05, 0) is 11.6 Å². The second kappa shape index (κ2) is 6.40. The molecule has 0 unspecified atom stereocenters. The van der Waals surface area contributed by atoms with E-state index in [1.54, 1.807) is 18.2 Å². The molecule has 0 fully saturated rings. The minimum Gasteiger partial charge on any atom is -0.398 e. The predicted molar refractivity (Wildman–Crippen MR) is 59.2 cm³/mol. The van der Waals surface area contributed by atoms with Crippen molar-refractivity contribution in [2.45, 2.75) is 13.0 Å². The quantitative estimate of drug-likeness (QED) is 0.725. The molecule has 1 rings (SSSR count). The third-order valence-corrected chi connectivity index (χ3v) is 2.26. The number of nitrogen functional groups attached to an aromatic ring is 1. The molecular weight excluding hydrogens is 214 g/mol. The smallest absolute Gasteiger partial charge is 0.251 e. The lowest BCUT2D eigenvalue weighted by Gasteiger charge is -2.21. The summed E-state index contributed by atoms with van der Waals surface area (Å²) in [7, 11) is 0. The molecule has 0 heterocycles. The molecule has 1 aromatic carbocycles. The van der Waals surface area contributed by atoms with Gasteiger partial charge in [-0.2, -0.15) is 0 Å². The van der Waals surface area contributed by atoms with Crippen LogP contribution in [0.15, 0.2) is 24.3 Å². The molecule has 0 bridgehead atoms. The minimum absolute atomic E-state index is 0.139. The number of halogens is 2.